The average Bonchev–Trinajstić information content (AvgIpc) is 2.49. The Kier molecular flexibility index (Phi) is 5.59. The van der Waals surface area contributed by atoms with Crippen LogP contribution in [0.4, 0.5) is 0 Å². The first-order chi connectivity index (χ1) is 9.90. The second-order valence-corrected chi connectivity index (χ2v) is 8.91. The molecule has 0 amide bonds. The van der Waals surface area contributed by atoms with Gasteiger partial charge in [0.1, 0.15) is 0 Å². The molecule has 1 aromatic carbocycles. The number of thioether (sulfide) groups is 1. The molecule has 0 bridgehead atoms. The summed E-state index contributed by atoms with van der Waals surface area (Å²) in [6, 6.07) is 3.27. The van der Waals surface area contributed by atoms with E-state index in [1.807, 2.05) is 11.8 Å². The van der Waals surface area contributed by atoms with Gasteiger partial charge in [0.05, 0.1) is 4.90 Å². The van der Waals surface area contributed by atoms with E-state index in [0.29, 0.717) is 28.9 Å². The molecule has 1 saturated heterocycles. The number of sulfonamides is 1. The Morgan fingerprint density at radius 3 is 2.81 bits per heavy atom. The Morgan fingerprint density at radius 1 is 1.48 bits per heavy atom. The summed E-state index contributed by atoms with van der Waals surface area (Å²) in [4.78, 5) is 0.289. The van der Waals surface area contributed by atoms with Crippen LogP contribution in [-0.2, 0) is 16.6 Å². The number of halogens is 1. The number of hydrogen-bond acceptors (Lipinski definition) is 4. The molecule has 1 aliphatic heterocycles. The molecule has 2 N–H and O–H groups in total. The van der Waals surface area contributed by atoms with Crippen LogP contribution in [0.5, 0.6) is 0 Å². The van der Waals surface area contributed by atoms with Gasteiger partial charge in [-0.2, -0.15) is 16.1 Å². The highest BCUT2D eigenvalue weighted by molar-refractivity contribution is 8.00. The van der Waals surface area contributed by atoms with Gasteiger partial charge in [-0.3, -0.25) is 0 Å². The summed E-state index contributed by atoms with van der Waals surface area (Å²) in [7, 11) is -3.51. The van der Waals surface area contributed by atoms with E-state index in [9.17, 15) is 8.42 Å². The molecule has 21 heavy (non-hydrogen) atoms. The van der Waals surface area contributed by atoms with Gasteiger partial charge in [0.25, 0.3) is 0 Å². The van der Waals surface area contributed by atoms with Crippen molar-refractivity contribution in [1.82, 2.24) is 4.31 Å². The zero-order valence-corrected chi connectivity index (χ0v) is 14.7. The van der Waals surface area contributed by atoms with E-state index in [2.05, 4.69) is 6.92 Å². The second kappa shape index (κ2) is 6.87. The van der Waals surface area contributed by atoms with Crippen LogP contribution in [0.1, 0.15) is 24.5 Å². The van der Waals surface area contributed by atoms with Crippen LogP contribution in [-0.4, -0.2) is 36.8 Å². The first kappa shape index (κ1) is 17.1. The standard InChI is InChI=1S/C14H21ClN2O2S2/c1-3-13-9-17(4-5-20-13)21(18,19)14-7-12(15)6-11(8-16)10(14)2/h6-7,13H,3-5,8-9,16H2,1-2H3. The summed E-state index contributed by atoms with van der Waals surface area (Å²) in [5, 5.41) is 0.778. The Balaban J connectivity index is 2.42. The van der Waals surface area contributed by atoms with E-state index < -0.39 is 10.0 Å². The van der Waals surface area contributed by atoms with Crippen molar-refractivity contribution in [3.63, 3.8) is 0 Å². The molecule has 1 fully saturated rings. The van der Waals surface area contributed by atoms with Gasteiger partial charge in [0.15, 0.2) is 0 Å². The van der Waals surface area contributed by atoms with Crippen molar-refractivity contribution >= 4 is 33.4 Å². The van der Waals surface area contributed by atoms with Crippen LogP contribution >= 0.6 is 23.4 Å². The molecule has 0 spiro atoms. The Morgan fingerprint density at radius 2 is 2.19 bits per heavy atom. The quantitative estimate of drug-likeness (QED) is 0.908. The van der Waals surface area contributed by atoms with Gasteiger partial charge < -0.3 is 5.73 Å². The minimum absolute atomic E-state index is 0.280. The van der Waals surface area contributed by atoms with Crippen LogP contribution < -0.4 is 5.73 Å². The van der Waals surface area contributed by atoms with Crippen molar-refractivity contribution in [3.8, 4) is 0 Å². The third-order valence-corrected chi connectivity index (χ3v) is 7.41. The molecule has 7 heteroatoms. The van der Waals surface area contributed by atoms with Crippen molar-refractivity contribution < 1.29 is 8.42 Å². The van der Waals surface area contributed by atoms with Crippen molar-refractivity contribution in [2.24, 2.45) is 5.73 Å². The van der Waals surface area contributed by atoms with E-state index in [1.54, 1.807) is 17.3 Å². The molecule has 1 heterocycles. The molecular weight excluding hydrogens is 328 g/mol. The largest absolute Gasteiger partial charge is 0.326 e. The van der Waals surface area contributed by atoms with Crippen molar-refractivity contribution in [2.45, 2.75) is 37.0 Å². The molecular formula is C14H21ClN2O2S2. The highest BCUT2D eigenvalue weighted by Crippen LogP contribution is 2.30. The zero-order chi connectivity index (χ0) is 15.6. The summed E-state index contributed by atoms with van der Waals surface area (Å²) in [5.74, 6) is 0.834. The van der Waals surface area contributed by atoms with Crippen molar-refractivity contribution in [1.29, 1.82) is 0 Å². The summed E-state index contributed by atoms with van der Waals surface area (Å²) in [6.07, 6.45) is 0.971. The maximum atomic E-state index is 12.9. The van der Waals surface area contributed by atoms with Gasteiger partial charge in [-0.25, -0.2) is 8.42 Å². The Bertz CT molecular complexity index is 620. The molecule has 0 saturated carbocycles. The van der Waals surface area contributed by atoms with Crippen LogP contribution in [0, 0.1) is 6.92 Å². The third-order valence-electron chi connectivity index (χ3n) is 3.83. The molecule has 118 valence electrons. The number of hydrogen-bond donors (Lipinski definition) is 1. The van der Waals surface area contributed by atoms with Crippen molar-refractivity contribution in [2.75, 3.05) is 18.8 Å². The lowest BCUT2D eigenvalue weighted by atomic mass is 10.1. The molecule has 0 radical (unpaired) electrons. The molecule has 2 rings (SSSR count). The zero-order valence-electron chi connectivity index (χ0n) is 12.3. The van der Waals surface area contributed by atoms with Crippen LogP contribution in [0.2, 0.25) is 5.02 Å². The highest BCUT2D eigenvalue weighted by atomic mass is 35.5. The minimum Gasteiger partial charge on any atom is -0.326 e. The van der Waals surface area contributed by atoms with Crippen LogP contribution in [0.3, 0.4) is 0 Å². The summed E-state index contributed by atoms with van der Waals surface area (Å²) in [6.45, 7) is 5.27. The lowest BCUT2D eigenvalue weighted by Crippen LogP contribution is -2.42. The van der Waals surface area contributed by atoms with E-state index in [0.717, 1.165) is 17.7 Å². The Labute approximate surface area is 136 Å². The van der Waals surface area contributed by atoms with Gasteiger partial charge in [-0.05, 0) is 36.6 Å². The van der Waals surface area contributed by atoms with Crippen LogP contribution in [0.25, 0.3) is 0 Å². The smallest absolute Gasteiger partial charge is 0.243 e. The number of nitrogens with two attached hydrogens (primary N) is 1. The maximum absolute atomic E-state index is 12.9. The topological polar surface area (TPSA) is 63.4 Å². The molecule has 0 aliphatic carbocycles. The SMILES string of the molecule is CCC1CN(S(=O)(=O)c2cc(Cl)cc(CN)c2C)CCS1. The summed E-state index contributed by atoms with van der Waals surface area (Å²) < 4.78 is 27.4. The lowest BCUT2D eigenvalue weighted by molar-refractivity contribution is 0.415. The average molecular weight is 349 g/mol. The fourth-order valence-electron chi connectivity index (χ4n) is 2.48. The van der Waals surface area contributed by atoms with Gasteiger partial charge in [-0.15, -0.1) is 0 Å². The van der Waals surface area contributed by atoms with Gasteiger partial charge in [-0.1, -0.05) is 18.5 Å². The van der Waals surface area contributed by atoms with Gasteiger partial charge in [0.2, 0.25) is 10.0 Å². The normalized spacial score (nSPS) is 20.7. The Hall–Kier alpha value is -0.270. The number of benzene rings is 1. The molecule has 1 aliphatic rings. The maximum Gasteiger partial charge on any atom is 0.243 e. The minimum atomic E-state index is -3.51. The third kappa shape index (κ3) is 3.56. The monoisotopic (exact) mass is 348 g/mol. The predicted octanol–water partition coefficient (Wildman–Crippen LogP) is 2.62. The molecule has 1 unspecified atom stereocenters. The molecule has 1 aromatic rings. The lowest BCUT2D eigenvalue weighted by Gasteiger charge is -2.31. The van der Waals surface area contributed by atoms with Crippen molar-refractivity contribution in [3.05, 3.63) is 28.3 Å². The van der Waals surface area contributed by atoms with Crippen LogP contribution in [0.15, 0.2) is 17.0 Å². The first-order valence-electron chi connectivity index (χ1n) is 7.01. The van der Waals surface area contributed by atoms with E-state index in [1.165, 1.54) is 6.07 Å². The molecule has 0 aromatic heterocycles. The molecule has 4 nitrogen and oxygen atoms in total. The van der Waals surface area contributed by atoms with E-state index in [4.69, 9.17) is 17.3 Å². The highest BCUT2D eigenvalue weighted by Gasteiger charge is 2.31. The van der Waals surface area contributed by atoms with Gasteiger partial charge in [0, 0.05) is 35.7 Å². The first-order valence-corrected chi connectivity index (χ1v) is 9.87. The molecule has 1 atom stereocenters. The fraction of sp³-hybridized carbons (Fsp3) is 0.571. The fourth-order valence-corrected chi connectivity index (χ4v) is 5.96. The van der Waals surface area contributed by atoms with Gasteiger partial charge >= 0.3 is 0 Å². The summed E-state index contributed by atoms with van der Waals surface area (Å²) >= 11 is 7.90. The number of nitrogens with zero attached hydrogens (tertiary/aromatic N) is 1. The number of rotatable bonds is 4. The second-order valence-electron chi connectivity index (χ2n) is 5.16. The van der Waals surface area contributed by atoms with E-state index >= 15 is 0 Å². The summed E-state index contributed by atoms with van der Waals surface area (Å²) in [5.41, 5.74) is 7.16. The predicted molar refractivity (Wildman–Crippen MR) is 89.4 cm³/mol. The van der Waals surface area contributed by atoms with E-state index in [-0.39, 0.29) is 11.4 Å².